The fourth-order valence-electron chi connectivity index (χ4n) is 2.46. The van der Waals surface area contributed by atoms with Crippen LogP contribution in [0.25, 0.3) is 0 Å². The van der Waals surface area contributed by atoms with Gasteiger partial charge >= 0.3 is 0 Å². The molecule has 1 saturated heterocycles. The summed E-state index contributed by atoms with van der Waals surface area (Å²) in [5.74, 6) is 1.57. The molecule has 0 aromatic heterocycles. The van der Waals surface area contributed by atoms with Crippen molar-refractivity contribution in [2.75, 3.05) is 6.54 Å². The first-order valence-corrected chi connectivity index (χ1v) is 7.62. The molecule has 112 valence electrons. The Hall–Kier alpha value is -0.570. The van der Waals surface area contributed by atoms with Crippen molar-refractivity contribution in [1.29, 1.82) is 0 Å². The molecule has 0 saturated carbocycles. The monoisotopic (exact) mass is 268 g/mol. The predicted molar refractivity (Wildman–Crippen MR) is 80.7 cm³/mol. The Morgan fingerprint density at radius 3 is 2.00 bits per heavy atom. The Labute approximate surface area is 119 Å². The lowest BCUT2D eigenvalue weighted by molar-refractivity contribution is -0.132. The van der Waals surface area contributed by atoms with E-state index in [-0.39, 0.29) is 23.5 Å². The summed E-state index contributed by atoms with van der Waals surface area (Å²) in [6.45, 7) is 18.4. The van der Waals surface area contributed by atoms with Gasteiger partial charge in [0.15, 0.2) is 0 Å². The zero-order valence-corrected chi connectivity index (χ0v) is 13.9. The smallest absolute Gasteiger partial charge is 0.241 e. The maximum absolute atomic E-state index is 12.6. The van der Waals surface area contributed by atoms with Gasteiger partial charge in [-0.05, 0) is 23.2 Å². The highest BCUT2D eigenvalue weighted by Crippen LogP contribution is 2.29. The molecule has 0 bridgehead atoms. The third kappa shape index (κ3) is 3.71. The molecule has 0 aromatic rings. The minimum absolute atomic E-state index is 0.0143. The summed E-state index contributed by atoms with van der Waals surface area (Å²) in [7, 11) is 0. The average molecular weight is 268 g/mol. The van der Waals surface area contributed by atoms with Crippen molar-refractivity contribution < 1.29 is 4.79 Å². The van der Waals surface area contributed by atoms with E-state index in [9.17, 15) is 4.79 Å². The molecule has 3 unspecified atom stereocenters. The first-order valence-electron chi connectivity index (χ1n) is 7.62. The molecule has 0 spiro atoms. The molecule has 19 heavy (non-hydrogen) atoms. The van der Waals surface area contributed by atoms with Gasteiger partial charge in [-0.3, -0.25) is 10.1 Å². The minimum atomic E-state index is -0.0143. The van der Waals surface area contributed by atoms with Gasteiger partial charge in [0, 0.05) is 6.54 Å². The van der Waals surface area contributed by atoms with Crippen LogP contribution in [0.5, 0.6) is 0 Å². The highest BCUT2D eigenvalue weighted by atomic mass is 16.2. The van der Waals surface area contributed by atoms with Gasteiger partial charge in [0.2, 0.25) is 5.91 Å². The van der Waals surface area contributed by atoms with Crippen LogP contribution in [0.3, 0.4) is 0 Å². The Kier molecular flexibility index (Phi) is 5.05. The van der Waals surface area contributed by atoms with E-state index in [0.717, 1.165) is 6.54 Å². The third-order valence-electron chi connectivity index (χ3n) is 4.48. The van der Waals surface area contributed by atoms with Gasteiger partial charge < -0.3 is 4.90 Å². The van der Waals surface area contributed by atoms with Crippen molar-refractivity contribution in [2.24, 2.45) is 23.2 Å². The van der Waals surface area contributed by atoms with Crippen molar-refractivity contribution in [3.63, 3.8) is 0 Å². The summed E-state index contributed by atoms with van der Waals surface area (Å²) in [6, 6.07) is -0.0143. The molecule has 1 aliphatic rings. The lowest BCUT2D eigenvalue weighted by Gasteiger charge is -2.35. The van der Waals surface area contributed by atoms with E-state index in [1.165, 1.54) is 0 Å². The van der Waals surface area contributed by atoms with Crippen LogP contribution in [0.4, 0.5) is 0 Å². The molecule has 3 nitrogen and oxygen atoms in total. The Morgan fingerprint density at radius 2 is 1.63 bits per heavy atom. The van der Waals surface area contributed by atoms with Crippen LogP contribution in [-0.2, 0) is 4.79 Å². The predicted octanol–water partition coefficient (Wildman–Crippen LogP) is 3.11. The standard InChI is InChI=1S/C16H32N2O/c1-10(2)13-15(19)18(14(17-13)11(3)4)9-12(5)16(6,7)8/h10-14,17H,9H2,1-8H3. The average Bonchev–Trinajstić information content (AvgIpc) is 2.55. The lowest BCUT2D eigenvalue weighted by Crippen LogP contribution is -2.45. The molecule has 1 aliphatic heterocycles. The van der Waals surface area contributed by atoms with Crippen molar-refractivity contribution in [3.8, 4) is 0 Å². The summed E-state index contributed by atoms with van der Waals surface area (Å²) >= 11 is 0. The first-order chi connectivity index (χ1) is 8.55. The van der Waals surface area contributed by atoms with Crippen molar-refractivity contribution in [2.45, 2.75) is 67.6 Å². The van der Waals surface area contributed by atoms with E-state index in [1.54, 1.807) is 0 Å². The summed E-state index contributed by atoms with van der Waals surface area (Å²) in [5.41, 5.74) is 0.234. The van der Waals surface area contributed by atoms with Crippen molar-refractivity contribution >= 4 is 5.91 Å². The third-order valence-corrected chi connectivity index (χ3v) is 4.48. The van der Waals surface area contributed by atoms with Crippen LogP contribution < -0.4 is 5.32 Å². The number of carbonyl (C=O) groups is 1. The fourth-order valence-corrected chi connectivity index (χ4v) is 2.46. The number of rotatable bonds is 4. The largest absolute Gasteiger partial charge is 0.325 e. The van der Waals surface area contributed by atoms with Crippen LogP contribution in [0, 0.1) is 23.2 Å². The van der Waals surface area contributed by atoms with Gasteiger partial charge in [-0.25, -0.2) is 0 Å². The normalized spacial score (nSPS) is 26.6. The van der Waals surface area contributed by atoms with Gasteiger partial charge in [0.25, 0.3) is 0 Å². The zero-order valence-electron chi connectivity index (χ0n) is 13.9. The molecular formula is C16H32N2O. The Morgan fingerprint density at radius 1 is 1.11 bits per heavy atom. The van der Waals surface area contributed by atoms with E-state index >= 15 is 0 Å². The van der Waals surface area contributed by atoms with Gasteiger partial charge in [0.05, 0.1) is 12.2 Å². The molecule has 1 heterocycles. The topological polar surface area (TPSA) is 32.3 Å². The molecule has 0 aromatic carbocycles. The van der Waals surface area contributed by atoms with Crippen LogP contribution in [0.2, 0.25) is 0 Å². The molecule has 1 N–H and O–H groups in total. The summed E-state index contributed by atoms with van der Waals surface area (Å²) in [5, 5.41) is 3.52. The van der Waals surface area contributed by atoms with E-state index < -0.39 is 0 Å². The SMILES string of the molecule is CC(C)C1NC(C(C)C)N(CC(C)C(C)(C)C)C1=O. The van der Waals surface area contributed by atoms with Gasteiger partial charge in [-0.2, -0.15) is 0 Å². The molecule has 3 heteroatoms. The van der Waals surface area contributed by atoms with Gasteiger partial charge in [0.1, 0.15) is 0 Å². The number of carbonyl (C=O) groups excluding carboxylic acids is 1. The zero-order chi connectivity index (χ0) is 15.0. The highest BCUT2D eigenvalue weighted by Gasteiger charge is 2.42. The Balaban J connectivity index is 2.86. The van der Waals surface area contributed by atoms with Crippen molar-refractivity contribution in [3.05, 3.63) is 0 Å². The van der Waals surface area contributed by atoms with E-state index in [4.69, 9.17) is 0 Å². The first kappa shape index (κ1) is 16.5. The molecular weight excluding hydrogens is 236 g/mol. The van der Waals surface area contributed by atoms with E-state index in [1.807, 2.05) is 0 Å². The van der Waals surface area contributed by atoms with Crippen LogP contribution in [0.15, 0.2) is 0 Å². The fraction of sp³-hybridized carbons (Fsp3) is 0.938. The summed E-state index contributed by atoms with van der Waals surface area (Å²) < 4.78 is 0. The molecule has 0 radical (unpaired) electrons. The van der Waals surface area contributed by atoms with Gasteiger partial charge in [-0.1, -0.05) is 55.4 Å². The minimum Gasteiger partial charge on any atom is -0.325 e. The molecule has 0 aliphatic carbocycles. The quantitative estimate of drug-likeness (QED) is 0.849. The molecule has 3 atom stereocenters. The highest BCUT2D eigenvalue weighted by molar-refractivity contribution is 5.84. The Bertz CT molecular complexity index is 317. The molecule has 1 fully saturated rings. The molecule has 1 rings (SSSR count). The second-order valence-corrected chi connectivity index (χ2v) is 7.83. The van der Waals surface area contributed by atoms with Crippen LogP contribution in [-0.4, -0.2) is 29.6 Å². The van der Waals surface area contributed by atoms with Crippen LogP contribution >= 0.6 is 0 Å². The molecule has 1 amide bonds. The van der Waals surface area contributed by atoms with Crippen molar-refractivity contribution in [1.82, 2.24) is 10.2 Å². The number of hydrogen-bond donors (Lipinski definition) is 1. The summed E-state index contributed by atoms with van der Waals surface area (Å²) in [6.07, 6.45) is 0.185. The van der Waals surface area contributed by atoms with Gasteiger partial charge in [-0.15, -0.1) is 0 Å². The van der Waals surface area contributed by atoms with E-state index in [0.29, 0.717) is 17.8 Å². The second kappa shape index (κ2) is 5.82. The summed E-state index contributed by atoms with van der Waals surface area (Å²) in [4.78, 5) is 14.7. The number of nitrogens with zero attached hydrogens (tertiary/aromatic N) is 1. The number of amides is 1. The maximum atomic E-state index is 12.6. The van der Waals surface area contributed by atoms with Crippen LogP contribution in [0.1, 0.15) is 55.4 Å². The number of hydrogen-bond acceptors (Lipinski definition) is 2. The van der Waals surface area contributed by atoms with E-state index in [2.05, 4.69) is 65.6 Å². The number of nitrogens with one attached hydrogen (secondary N) is 1. The second-order valence-electron chi connectivity index (χ2n) is 7.83. The maximum Gasteiger partial charge on any atom is 0.241 e. The lowest BCUT2D eigenvalue weighted by atomic mass is 9.81.